The lowest BCUT2D eigenvalue weighted by atomic mass is 10.2. The molecule has 0 atom stereocenters. The molecule has 5 nitrogen and oxygen atoms in total. The SMILES string of the molecule is NC(=O)COC(=O)c1cc2cc(Cl)ccc2o1. The molecule has 6 heteroatoms. The summed E-state index contributed by atoms with van der Waals surface area (Å²) >= 11 is 5.79. The van der Waals surface area contributed by atoms with Gasteiger partial charge in [0, 0.05) is 10.4 Å². The van der Waals surface area contributed by atoms with Crippen LogP contribution in [0.2, 0.25) is 5.02 Å². The van der Waals surface area contributed by atoms with Gasteiger partial charge >= 0.3 is 5.97 Å². The van der Waals surface area contributed by atoms with Gasteiger partial charge in [0.25, 0.3) is 5.91 Å². The summed E-state index contributed by atoms with van der Waals surface area (Å²) in [6.07, 6.45) is 0. The Hall–Kier alpha value is -2.01. The Kier molecular flexibility index (Phi) is 3.01. The fraction of sp³-hybridized carbons (Fsp3) is 0.0909. The summed E-state index contributed by atoms with van der Waals surface area (Å²) in [5, 5.41) is 1.22. The van der Waals surface area contributed by atoms with Crippen molar-refractivity contribution in [3.63, 3.8) is 0 Å². The quantitative estimate of drug-likeness (QED) is 0.845. The summed E-state index contributed by atoms with van der Waals surface area (Å²) in [5.74, 6) is -1.46. The number of fused-ring (bicyclic) bond motifs is 1. The molecule has 2 aromatic rings. The predicted octanol–water partition coefficient (Wildman–Crippen LogP) is 1.73. The van der Waals surface area contributed by atoms with Gasteiger partial charge in [-0.25, -0.2) is 4.79 Å². The summed E-state index contributed by atoms with van der Waals surface area (Å²) < 4.78 is 9.84. The minimum atomic E-state index is -0.740. The molecule has 0 bridgehead atoms. The van der Waals surface area contributed by atoms with E-state index in [0.717, 1.165) is 0 Å². The second kappa shape index (κ2) is 4.47. The standard InChI is InChI=1S/C11H8ClNO4/c12-7-1-2-8-6(3-7)4-9(17-8)11(15)16-5-10(13)14/h1-4H,5H2,(H2,13,14). The zero-order valence-corrected chi connectivity index (χ0v) is 9.36. The molecule has 2 N–H and O–H groups in total. The number of furan rings is 1. The van der Waals surface area contributed by atoms with Gasteiger partial charge < -0.3 is 14.9 Å². The van der Waals surface area contributed by atoms with Crippen LogP contribution in [0.5, 0.6) is 0 Å². The van der Waals surface area contributed by atoms with Gasteiger partial charge in [-0.05, 0) is 24.3 Å². The molecule has 2 rings (SSSR count). The van der Waals surface area contributed by atoms with Gasteiger partial charge in [0.05, 0.1) is 0 Å². The van der Waals surface area contributed by atoms with Crippen LogP contribution in [0.1, 0.15) is 10.6 Å². The number of primary amides is 1. The molecule has 0 saturated carbocycles. The third-order valence-electron chi connectivity index (χ3n) is 2.03. The maximum absolute atomic E-state index is 11.4. The summed E-state index contributed by atoms with van der Waals surface area (Å²) in [6.45, 7) is -0.476. The number of benzene rings is 1. The fourth-order valence-electron chi connectivity index (χ4n) is 1.32. The molecule has 1 aromatic heterocycles. The van der Waals surface area contributed by atoms with Crippen molar-refractivity contribution in [2.24, 2.45) is 5.73 Å². The van der Waals surface area contributed by atoms with Gasteiger partial charge in [0.15, 0.2) is 6.61 Å². The number of nitrogens with two attached hydrogens (primary N) is 1. The highest BCUT2D eigenvalue weighted by molar-refractivity contribution is 6.31. The molecule has 0 radical (unpaired) electrons. The van der Waals surface area contributed by atoms with Crippen molar-refractivity contribution in [1.29, 1.82) is 0 Å². The average molecular weight is 254 g/mol. The van der Waals surface area contributed by atoms with Crippen molar-refractivity contribution in [2.75, 3.05) is 6.61 Å². The first kappa shape index (κ1) is 11.5. The van der Waals surface area contributed by atoms with Crippen molar-refractivity contribution in [2.45, 2.75) is 0 Å². The molecule has 88 valence electrons. The fourth-order valence-corrected chi connectivity index (χ4v) is 1.50. The highest BCUT2D eigenvalue weighted by Gasteiger charge is 2.14. The maximum Gasteiger partial charge on any atom is 0.374 e. The Morgan fingerprint density at radius 1 is 1.35 bits per heavy atom. The number of amides is 1. The van der Waals surface area contributed by atoms with E-state index in [1.165, 1.54) is 6.07 Å². The van der Waals surface area contributed by atoms with E-state index in [9.17, 15) is 9.59 Å². The molecule has 0 fully saturated rings. The molecule has 0 aliphatic heterocycles. The molecule has 0 unspecified atom stereocenters. The summed E-state index contributed by atoms with van der Waals surface area (Å²) in [5.41, 5.74) is 5.36. The van der Waals surface area contributed by atoms with Crippen LogP contribution in [-0.4, -0.2) is 18.5 Å². The first-order valence-electron chi connectivity index (χ1n) is 4.71. The second-order valence-corrected chi connectivity index (χ2v) is 3.77. The van der Waals surface area contributed by atoms with Gasteiger partial charge in [0.1, 0.15) is 5.58 Å². The number of hydrogen-bond acceptors (Lipinski definition) is 4. The van der Waals surface area contributed by atoms with Crippen LogP contribution in [0.3, 0.4) is 0 Å². The number of hydrogen-bond donors (Lipinski definition) is 1. The highest BCUT2D eigenvalue weighted by Crippen LogP contribution is 2.23. The lowest BCUT2D eigenvalue weighted by molar-refractivity contribution is -0.121. The molecule has 0 spiro atoms. The zero-order chi connectivity index (χ0) is 12.4. The normalized spacial score (nSPS) is 10.4. The number of carbonyl (C=O) groups is 2. The van der Waals surface area contributed by atoms with E-state index >= 15 is 0 Å². The minimum absolute atomic E-state index is 0.00326. The zero-order valence-electron chi connectivity index (χ0n) is 8.60. The van der Waals surface area contributed by atoms with Crippen molar-refractivity contribution in [3.8, 4) is 0 Å². The Bertz CT molecular complexity index is 590. The molecule has 1 heterocycles. The van der Waals surface area contributed by atoms with Crippen molar-refractivity contribution in [3.05, 3.63) is 35.0 Å². The van der Waals surface area contributed by atoms with Crippen LogP contribution in [0.4, 0.5) is 0 Å². The first-order valence-corrected chi connectivity index (χ1v) is 5.08. The number of esters is 1. The second-order valence-electron chi connectivity index (χ2n) is 3.34. The van der Waals surface area contributed by atoms with Crippen LogP contribution in [0, 0.1) is 0 Å². The average Bonchev–Trinajstić information content (AvgIpc) is 2.68. The van der Waals surface area contributed by atoms with Crippen molar-refractivity contribution in [1.82, 2.24) is 0 Å². The Morgan fingerprint density at radius 3 is 2.82 bits per heavy atom. The number of halogens is 1. The largest absolute Gasteiger partial charge is 0.450 e. The molecular formula is C11H8ClNO4. The molecule has 0 aliphatic carbocycles. The number of ether oxygens (including phenoxy) is 1. The smallest absolute Gasteiger partial charge is 0.374 e. The lowest BCUT2D eigenvalue weighted by Crippen LogP contribution is -2.20. The van der Waals surface area contributed by atoms with E-state index in [-0.39, 0.29) is 5.76 Å². The highest BCUT2D eigenvalue weighted by atomic mass is 35.5. The molecule has 1 aromatic carbocycles. The van der Waals surface area contributed by atoms with Gasteiger partial charge in [-0.15, -0.1) is 0 Å². The van der Waals surface area contributed by atoms with Gasteiger partial charge in [-0.2, -0.15) is 0 Å². The van der Waals surface area contributed by atoms with Crippen molar-refractivity contribution >= 4 is 34.4 Å². The monoisotopic (exact) mass is 253 g/mol. The van der Waals surface area contributed by atoms with Gasteiger partial charge in [-0.1, -0.05) is 11.6 Å². The van der Waals surface area contributed by atoms with Crippen LogP contribution >= 0.6 is 11.6 Å². The van der Waals surface area contributed by atoms with E-state index in [1.807, 2.05) is 0 Å². The van der Waals surface area contributed by atoms with E-state index in [2.05, 4.69) is 4.74 Å². The molecule has 0 aliphatic rings. The third-order valence-corrected chi connectivity index (χ3v) is 2.26. The summed E-state index contributed by atoms with van der Waals surface area (Å²) in [4.78, 5) is 21.9. The number of rotatable bonds is 3. The molecule has 17 heavy (non-hydrogen) atoms. The van der Waals surface area contributed by atoms with Crippen LogP contribution < -0.4 is 5.73 Å². The Morgan fingerprint density at radius 2 is 2.12 bits per heavy atom. The first-order chi connectivity index (χ1) is 8.06. The van der Waals surface area contributed by atoms with Crippen LogP contribution in [0.25, 0.3) is 11.0 Å². The molecular weight excluding hydrogens is 246 g/mol. The number of carbonyl (C=O) groups excluding carboxylic acids is 2. The van der Waals surface area contributed by atoms with E-state index < -0.39 is 18.5 Å². The minimum Gasteiger partial charge on any atom is -0.450 e. The summed E-state index contributed by atoms with van der Waals surface area (Å²) in [7, 11) is 0. The maximum atomic E-state index is 11.4. The van der Waals surface area contributed by atoms with Crippen molar-refractivity contribution < 1.29 is 18.7 Å². The van der Waals surface area contributed by atoms with E-state index in [0.29, 0.717) is 16.0 Å². The molecule has 1 amide bonds. The Balaban J connectivity index is 2.24. The van der Waals surface area contributed by atoms with E-state index in [1.54, 1.807) is 18.2 Å². The van der Waals surface area contributed by atoms with Crippen LogP contribution in [-0.2, 0) is 9.53 Å². The third kappa shape index (κ3) is 2.57. The Labute approximate surface area is 101 Å². The molecule has 0 saturated heterocycles. The van der Waals surface area contributed by atoms with Gasteiger partial charge in [0.2, 0.25) is 5.76 Å². The van der Waals surface area contributed by atoms with Gasteiger partial charge in [-0.3, -0.25) is 4.79 Å². The summed E-state index contributed by atoms with van der Waals surface area (Å²) in [6, 6.07) is 6.43. The van der Waals surface area contributed by atoms with E-state index in [4.69, 9.17) is 21.8 Å². The lowest BCUT2D eigenvalue weighted by Gasteiger charge is -1.97. The topological polar surface area (TPSA) is 82.5 Å². The predicted molar refractivity (Wildman–Crippen MR) is 60.7 cm³/mol. The van der Waals surface area contributed by atoms with Crippen LogP contribution in [0.15, 0.2) is 28.7 Å².